The Morgan fingerprint density at radius 1 is 1.10 bits per heavy atom. The number of benzene rings is 2. The van der Waals surface area contributed by atoms with Gasteiger partial charge in [-0.2, -0.15) is 0 Å². The molecule has 0 bridgehead atoms. The van der Waals surface area contributed by atoms with Gasteiger partial charge < -0.3 is 14.7 Å². The molecular formula is C17H21ClNO2+. The number of halogens is 1. The normalized spacial score (nSPS) is 13.7. The molecule has 2 aromatic rings. The van der Waals surface area contributed by atoms with E-state index in [9.17, 15) is 5.11 Å². The molecular weight excluding hydrogens is 286 g/mol. The second kappa shape index (κ2) is 8.03. The Bertz CT molecular complexity index is 530. The summed E-state index contributed by atoms with van der Waals surface area (Å²) in [6.07, 6.45) is -0.443. The van der Waals surface area contributed by atoms with Crippen LogP contribution in [0.2, 0.25) is 5.02 Å². The lowest BCUT2D eigenvalue weighted by Crippen LogP contribution is -3.10. The topological polar surface area (TPSA) is 33.9 Å². The predicted molar refractivity (Wildman–Crippen MR) is 85.0 cm³/mol. The van der Waals surface area contributed by atoms with Crippen LogP contribution in [0.3, 0.4) is 0 Å². The molecule has 0 aliphatic heterocycles. The highest BCUT2D eigenvalue weighted by atomic mass is 35.5. The first-order valence-electron chi connectivity index (χ1n) is 7.08. The molecule has 0 aliphatic rings. The van der Waals surface area contributed by atoms with Crippen molar-refractivity contribution in [3.05, 3.63) is 65.2 Å². The fraction of sp³-hybridized carbons (Fsp3) is 0.294. The summed E-state index contributed by atoms with van der Waals surface area (Å²) in [4.78, 5) is 1.22. The van der Waals surface area contributed by atoms with E-state index >= 15 is 0 Å². The molecule has 0 saturated heterocycles. The summed E-state index contributed by atoms with van der Waals surface area (Å²) in [5.74, 6) is 0.816. The van der Waals surface area contributed by atoms with E-state index in [1.165, 1.54) is 4.90 Å². The SMILES string of the molecule is C[NH+](CCOc1ccc(Cl)cc1)C[C@@H](O)c1ccccc1. The van der Waals surface area contributed by atoms with Crippen LogP contribution in [-0.4, -0.2) is 31.9 Å². The van der Waals surface area contributed by atoms with Crippen molar-refractivity contribution in [1.82, 2.24) is 0 Å². The van der Waals surface area contributed by atoms with Crippen molar-refractivity contribution in [2.24, 2.45) is 0 Å². The maximum Gasteiger partial charge on any atom is 0.137 e. The van der Waals surface area contributed by atoms with Gasteiger partial charge in [0.15, 0.2) is 0 Å². The van der Waals surface area contributed by atoms with Crippen molar-refractivity contribution >= 4 is 11.6 Å². The molecule has 2 atom stereocenters. The van der Waals surface area contributed by atoms with Crippen LogP contribution in [0, 0.1) is 0 Å². The van der Waals surface area contributed by atoms with Crippen molar-refractivity contribution in [2.75, 3.05) is 26.7 Å². The maximum absolute atomic E-state index is 10.2. The van der Waals surface area contributed by atoms with Crippen molar-refractivity contribution in [3.63, 3.8) is 0 Å². The molecule has 0 aliphatic carbocycles. The number of hydrogen-bond acceptors (Lipinski definition) is 2. The van der Waals surface area contributed by atoms with Crippen molar-refractivity contribution in [2.45, 2.75) is 6.10 Å². The molecule has 112 valence electrons. The van der Waals surface area contributed by atoms with Crippen LogP contribution in [0.4, 0.5) is 0 Å². The predicted octanol–water partition coefficient (Wildman–Crippen LogP) is 1.97. The summed E-state index contributed by atoms with van der Waals surface area (Å²) in [7, 11) is 2.05. The lowest BCUT2D eigenvalue weighted by molar-refractivity contribution is -0.883. The number of hydrogen-bond donors (Lipinski definition) is 2. The molecule has 4 heteroatoms. The van der Waals surface area contributed by atoms with E-state index in [0.717, 1.165) is 17.9 Å². The van der Waals surface area contributed by atoms with Crippen molar-refractivity contribution in [3.8, 4) is 5.75 Å². The van der Waals surface area contributed by atoms with Gasteiger partial charge in [-0.3, -0.25) is 0 Å². The molecule has 1 unspecified atom stereocenters. The van der Waals surface area contributed by atoms with Crippen LogP contribution >= 0.6 is 11.6 Å². The Kier molecular flexibility index (Phi) is 6.05. The Hall–Kier alpha value is -1.55. The largest absolute Gasteiger partial charge is 0.488 e. The van der Waals surface area contributed by atoms with Gasteiger partial charge in [-0.05, 0) is 29.8 Å². The van der Waals surface area contributed by atoms with Crippen LogP contribution < -0.4 is 9.64 Å². The fourth-order valence-corrected chi connectivity index (χ4v) is 2.23. The van der Waals surface area contributed by atoms with E-state index in [1.54, 1.807) is 0 Å². The second-order valence-corrected chi connectivity index (χ2v) is 5.58. The third-order valence-electron chi connectivity index (χ3n) is 3.34. The van der Waals surface area contributed by atoms with Gasteiger partial charge in [0.25, 0.3) is 0 Å². The highest BCUT2D eigenvalue weighted by Crippen LogP contribution is 2.15. The van der Waals surface area contributed by atoms with Gasteiger partial charge in [0.05, 0.1) is 7.05 Å². The highest BCUT2D eigenvalue weighted by molar-refractivity contribution is 6.30. The van der Waals surface area contributed by atoms with E-state index in [-0.39, 0.29) is 0 Å². The van der Waals surface area contributed by atoms with E-state index in [1.807, 2.05) is 54.6 Å². The van der Waals surface area contributed by atoms with E-state index in [4.69, 9.17) is 16.3 Å². The molecule has 3 nitrogen and oxygen atoms in total. The highest BCUT2D eigenvalue weighted by Gasteiger charge is 2.13. The zero-order valence-electron chi connectivity index (χ0n) is 12.1. The standard InChI is InChI=1S/C17H20ClNO2/c1-19(13-17(20)14-5-3-2-4-6-14)11-12-21-16-9-7-15(18)8-10-16/h2-10,17,20H,11-13H2,1H3/p+1/t17-/m1/s1. The van der Waals surface area contributed by atoms with Crippen LogP contribution in [-0.2, 0) is 0 Å². The smallest absolute Gasteiger partial charge is 0.137 e. The number of quaternary nitrogens is 1. The fourth-order valence-electron chi connectivity index (χ4n) is 2.10. The second-order valence-electron chi connectivity index (χ2n) is 5.14. The first-order chi connectivity index (χ1) is 10.1. The molecule has 2 N–H and O–H groups in total. The minimum Gasteiger partial charge on any atom is -0.488 e. The van der Waals surface area contributed by atoms with Crippen LogP contribution in [0.5, 0.6) is 5.75 Å². The van der Waals surface area contributed by atoms with Crippen LogP contribution in [0.1, 0.15) is 11.7 Å². The number of nitrogens with one attached hydrogen (secondary N) is 1. The van der Waals surface area contributed by atoms with Gasteiger partial charge in [-0.25, -0.2) is 0 Å². The van der Waals surface area contributed by atoms with Crippen molar-refractivity contribution in [1.29, 1.82) is 0 Å². The zero-order valence-corrected chi connectivity index (χ0v) is 12.9. The summed E-state index contributed by atoms with van der Waals surface area (Å²) in [6, 6.07) is 17.1. The molecule has 21 heavy (non-hydrogen) atoms. The van der Waals surface area contributed by atoms with E-state index < -0.39 is 6.10 Å². The van der Waals surface area contributed by atoms with Gasteiger partial charge in [0, 0.05) is 5.02 Å². The molecule has 0 amide bonds. The third kappa shape index (κ3) is 5.38. The first-order valence-corrected chi connectivity index (χ1v) is 7.45. The monoisotopic (exact) mass is 306 g/mol. The van der Waals surface area contributed by atoms with Crippen molar-refractivity contribution < 1.29 is 14.7 Å². The molecule has 2 aromatic carbocycles. The summed E-state index contributed by atoms with van der Waals surface area (Å²) in [6.45, 7) is 2.09. The average molecular weight is 307 g/mol. The lowest BCUT2D eigenvalue weighted by Gasteiger charge is -2.18. The molecule has 0 aromatic heterocycles. The maximum atomic E-state index is 10.2. The number of aliphatic hydroxyl groups is 1. The lowest BCUT2D eigenvalue weighted by atomic mass is 10.1. The van der Waals surface area contributed by atoms with Crippen LogP contribution in [0.15, 0.2) is 54.6 Å². The molecule has 0 spiro atoms. The van der Waals surface area contributed by atoms with Gasteiger partial charge in [0.2, 0.25) is 0 Å². The number of likely N-dealkylation sites (N-methyl/N-ethyl adjacent to an activating group) is 1. The van der Waals surface area contributed by atoms with Gasteiger partial charge >= 0.3 is 0 Å². The minimum absolute atomic E-state index is 0.443. The van der Waals surface area contributed by atoms with Gasteiger partial charge in [-0.1, -0.05) is 41.9 Å². The summed E-state index contributed by atoms with van der Waals surface area (Å²) in [5, 5.41) is 10.9. The number of ether oxygens (including phenoxy) is 1. The quantitative estimate of drug-likeness (QED) is 0.820. The number of rotatable bonds is 7. The number of aliphatic hydroxyl groups excluding tert-OH is 1. The Morgan fingerprint density at radius 2 is 1.76 bits per heavy atom. The molecule has 2 rings (SSSR count). The summed E-state index contributed by atoms with van der Waals surface area (Å²) in [5.41, 5.74) is 0.954. The Labute approximate surface area is 130 Å². The molecule has 0 heterocycles. The third-order valence-corrected chi connectivity index (χ3v) is 3.59. The molecule has 0 saturated carbocycles. The average Bonchev–Trinajstić information content (AvgIpc) is 2.50. The summed E-state index contributed by atoms with van der Waals surface area (Å²) >= 11 is 5.82. The minimum atomic E-state index is -0.443. The Balaban J connectivity index is 1.72. The van der Waals surface area contributed by atoms with E-state index in [0.29, 0.717) is 18.2 Å². The van der Waals surface area contributed by atoms with Gasteiger partial charge in [-0.15, -0.1) is 0 Å². The Morgan fingerprint density at radius 3 is 2.43 bits per heavy atom. The van der Waals surface area contributed by atoms with Crippen LogP contribution in [0.25, 0.3) is 0 Å². The molecule has 0 radical (unpaired) electrons. The first kappa shape index (κ1) is 15.8. The summed E-state index contributed by atoms with van der Waals surface area (Å²) < 4.78 is 5.66. The zero-order chi connectivity index (χ0) is 15.1. The molecule has 0 fully saturated rings. The van der Waals surface area contributed by atoms with Gasteiger partial charge in [0.1, 0.15) is 31.5 Å². The van der Waals surface area contributed by atoms with E-state index in [2.05, 4.69) is 7.05 Å².